The molecule has 0 bridgehead atoms. The van der Waals surface area contributed by atoms with Crippen molar-refractivity contribution in [3.05, 3.63) is 71.8 Å². The van der Waals surface area contributed by atoms with Crippen molar-refractivity contribution < 1.29 is 0 Å². The van der Waals surface area contributed by atoms with Crippen LogP contribution < -0.4 is 0 Å². The van der Waals surface area contributed by atoms with Crippen molar-refractivity contribution in [2.45, 2.75) is 52.4 Å². The molecule has 2 rings (SSSR count). The van der Waals surface area contributed by atoms with Gasteiger partial charge in [0.2, 0.25) is 0 Å². The van der Waals surface area contributed by atoms with Crippen LogP contribution in [0.4, 0.5) is 0 Å². The second kappa shape index (κ2) is 8.58. The minimum absolute atomic E-state index is 0.293. The van der Waals surface area contributed by atoms with Gasteiger partial charge in [-0.2, -0.15) is 0 Å². The highest BCUT2D eigenvalue weighted by Gasteiger charge is 2.11. The summed E-state index contributed by atoms with van der Waals surface area (Å²) in [5.41, 5.74) is 3.15. The fourth-order valence-electron chi connectivity index (χ4n) is 1.96. The first-order chi connectivity index (χ1) is 9.54. The number of aryl methyl sites for hydroxylation is 1. The maximum absolute atomic E-state index is 2.23. The Balaban J connectivity index is 0.000000200. The molecule has 2 aromatic carbocycles. The van der Waals surface area contributed by atoms with E-state index in [-0.39, 0.29) is 0 Å². The quantitative estimate of drug-likeness (QED) is 0.639. The fourth-order valence-corrected chi connectivity index (χ4v) is 1.96. The van der Waals surface area contributed by atoms with Gasteiger partial charge in [0, 0.05) is 0 Å². The summed E-state index contributed by atoms with van der Waals surface area (Å²) in [4.78, 5) is 0. The SMILES string of the molecule is CC(C)(C)c1ccccc1.CCCCc1ccccc1. The molecular formula is C20H28. The molecule has 0 fully saturated rings. The molecule has 0 amide bonds. The average molecular weight is 268 g/mol. The lowest BCUT2D eigenvalue weighted by molar-refractivity contribution is 0.590. The van der Waals surface area contributed by atoms with Gasteiger partial charge in [0.15, 0.2) is 0 Å². The van der Waals surface area contributed by atoms with Gasteiger partial charge in [-0.05, 0) is 29.4 Å². The molecule has 0 heterocycles. The van der Waals surface area contributed by atoms with Crippen LogP contribution >= 0.6 is 0 Å². The number of hydrogen-bond donors (Lipinski definition) is 0. The predicted molar refractivity (Wildman–Crippen MR) is 90.2 cm³/mol. The van der Waals surface area contributed by atoms with Crippen LogP contribution in [0.1, 0.15) is 51.7 Å². The molecule has 0 aromatic heterocycles. The van der Waals surface area contributed by atoms with Crippen molar-refractivity contribution in [3.63, 3.8) is 0 Å². The highest BCUT2D eigenvalue weighted by Crippen LogP contribution is 2.20. The maximum Gasteiger partial charge on any atom is -0.0132 e. The van der Waals surface area contributed by atoms with Gasteiger partial charge in [0.1, 0.15) is 0 Å². The largest absolute Gasteiger partial charge is 0.0654 e. The van der Waals surface area contributed by atoms with Crippen LogP contribution in [-0.4, -0.2) is 0 Å². The summed E-state index contributed by atoms with van der Waals surface area (Å²) in [7, 11) is 0. The molecule has 0 aliphatic carbocycles. The molecule has 0 atom stereocenters. The summed E-state index contributed by atoms with van der Waals surface area (Å²) in [6.07, 6.45) is 3.83. The van der Waals surface area contributed by atoms with Gasteiger partial charge >= 0.3 is 0 Å². The van der Waals surface area contributed by atoms with E-state index in [9.17, 15) is 0 Å². The van der Waals surface area contributed by atoms with Gasteiger partial charge in [-0.25, -0.2) is 0 Å². The first-order valence-corrected chi connectivity index (χ1v) is 7.63. The molecule has 2 aromatic rings. The van der Waals surface area contributed by atoms with Crippen LogP contribution in [0.2, 0.25) is 0 Å². The minimum Gasteiger partial charge on any atom is -0.0654 e. The summed E-state index contributed by atoms with van der Waals surface area (Å²) in [6.45, 7) is 8.90. The molecule has 0 saturated heterocycles. The Bertz CT molecular complexity index is 448. The normalized spacial score (nSPS) is 10.6. The molecule has 20 heavy (non-hydrogen) atoms. The lowest BCUT2D eigenvalue weighted by Gasteiger charge is -2.18. The third-order valence-electron chi connectivity index (χ3n) is 3.30. The van der Waals surface area contributed by atoms with Crippen molar-refractivity contribution >= 4 is 0 Å². The van der Waals surface area contributed by atoms with E-state index >= 15 is 0 Å². The summed E-state index contributed by atoms with van der Waals surface area (Å²) < 4.78 is 0. The van der Waals surface area contributed by atoms with E-state index in [1.54, 1.807) is 0 Å². The Morgan fingerprint density at radius 1 is 0.750 bits per heavy atom. The van der Waals surface area contributed by atoms with Gasteiger partial charge in [0.25, 0.3) is 0 Å². The van der Waals surface area contributed by atoms with Crippen LogP contribution in [0.15, 0.2) is 60.7 Å². The third-order valence-corrected chi connectivity index (χ3v) is 3.30. The van der Waals surface area contributed by atoms with Gasteiger partial charge in [-0.3, -0.25) is 0 Å². The van der Waals surface area contributed by atoms with E-state index in [1.807, 2.05) is 0 Å². The average Bonchev–Trinajstić information content (AvgIpc) is 2.47. The highest BCUT2D eigenvalue weighted by molar-refractivity contribution is 5.22. The molecule has 0 saturated carbocycles. The van der Waals surface area contributed by atoms with Crippen molar-refractivity contribution in [2.75, 3.05) is 0 Å². The molecule has 0 unspecified atom stereocenters. The van der Waals surface area contributed by atoms with E-state index in [0.29, 0.717) is 5.41 Å². The second-order valence-electron chi connectivity index (χ2n) is 6.21. The summed E-state index contributed by atoms with van der Waals surface area (Å²) in [5.74, 6) is 0. The predicted octanol–water partition coefficient (Wildman–Crippen LogP) is 6.01. The van der Waals surface area contributed by atoms with Crippen molar-refractivity contribution in [3.8, 4) is 0 Å². The number of benzene rings is 2. The maximum atomic E-state index is 2.23. The Hall–Kier alpha value is -1.56. The van der Waals surface area contributed by atoms with Gasteiger partial charge in [0.05, 0.1) is 0 Å². The topological polar surface area (TPSA) is 0 Å². The lowest BCUT2D eigenvalue weighted by Crippen LogP contribution is -2.10. The molecule has 0 aliphatic rings. The van der Waals surface area contributed by atoms with Crippen molar-refractivity contribution in [1.29, 1.82) is 0 Å². The molecule has 0 nitrogen and oxygen atoms in total. The highest BCUT2D eigenvalue weighted by atomic mass is 14.2. The minimum atomic E-state index is 0.293. The zero-order valence-electron chi connectivity index (χ0n) is 13.4. The number of unbranched alkanes of at least 4 members (excludes halogenated alkanes) is 1. The van der Waals surface area contributed by atoms with Crippen LogP contribution in [-0.2, 0) is 11.8 Å². The summed E-state index contributed by atoms with van der Waals surface area (Å²) >= 11 is 0. The Kier molecular flexibility index (Phi) is 7.08. The fraction of sp³-hybridized carbons (Fsp3) is 0.400. The zero-order chi connectivity index (χ0) is 14.8. The van der Waals surface area contributed by atoms with Gasteiger partial charge < -0.3 is 0 Å². The van der Waals surface area contributed by atoms with Crippen LogP contribution in [0.3, 0.4) is 0 Å². The Labute approximate surface area is 124 Å². The third kappa shape index (κ3) is 6.56. The van der Waals surface area contributed by atoms with Gasteiger partial charge in [-0.1, -0.05) is 94.8 Å². The summed E-state index contributed by atoms with van der Waals surface area (Å²) in [6, 6.07) is 21.2. The van der Waals surface area contributed by atoms with Crippen LogP contribution in [0, 0.1) is 0 Å². The molecule has 0 radical (unpaired) electrons. The first kappa shape index (κ1) is 16.5. The standard InChI is InChI=1S/2C10H14/c1-10(2,3)9-7-5-4-6-8-9;1-2-3-7-10-8-5-4-6-9-10/h4-8H,1-3H3;4-6,8-9H,2-3,7H2,1H3. The molecular weight excluding hydrogens is 240 g/mol. The molecule has 0 heteroatoms. The van der Waals surface area contributed by atoms with E-state index < -0.39 is 0 Å². The smallest absolute Gasteiger partial charge is 0.0132 e. The van der Waals surface area contributed by atoms with E-state index in [4.69, 9.17) is 0 Å². The first-order valence-electron chi connectivity index (χ1n) is 7.63. The number of rotatable bonds is 3. The molecule has 0 spiro atoms. The van der Waals surface area contributed by atoms with Crippen molar-refractivity contribution in [2.24, 2.45) is 0 Å². The molecule has 0 N–H and O–H groups in total. The van der Waals surface area contributed by atoms with Crippen LogP contribution in [0.5, 0.6) is 0 Å². The lowest BCUT2D eigenvalue weighted by atomic mass is 9.87. The van der Waals surface area contributed by atoms with E-state index in [1.165, 1.54) is 30.4 Å². The Morgan fingerprint density at radius 3 is 1.65 bits per heavy atom. The summed E-state index contributed by atoms with van der Waals surface area (Å²) in [5, 5.41) is 0. The Morgan fingerprint density at radius 2 is 1.25 bits per heavy atom. The van der Waals surface area contributed by atoms with Gasteiger partial charge in [-0.15, -0.1) is 0 Å². The van der Waals surface area contributed by atoms with Crippen molar-refractivity contribution in [1.82, 2.24) is 0 Å². The molecule has 108 valence electrons. The monoisotopic (exact) mass is 268 g/mol. The zero-order valence-corrected chi connectivity index (χ0v) is 13.4. The van der Waals surface area contributed by atoms with E-state index in [0.717, 1.165) is 0 Å². The second-order valence-corrected chi connectivity index (χ2v) is 6.21. The van der Waals surface area contributed by atoms with E-state index in [2.05, 4.69) is 88.4 Å². The molecule has 0 aliphatic heterocycles. The number of hydrogen-bond acceptors (Lipinski definition) is 0. The van der Waals surface area contributed by atoms with Crippen LogP contribution in [0.25, 0.3) is 0 Å².